The van der Waals surface area contributed by atoms with Crippen LogP contribution < -0.4 is 0 Å². The lowest BCUT2D eigenvalue weighted by atomic mass is 9.90. The summed E-state index contributed by atoms with van der Waals surface area (Å²) in [6.45, 7) is 1.53. The third-order valence-corrected chi connectivity index (χ3v) is 4.93. The lowest BCUT2D eigenvalue weighted by Gasteiger charge is -2.14. The maximum absolute atomic E-state index is 12.7. The SMILES string of the molecule is C#Cc1ccc2ccc3c(C(=O)OCCOCCOC)ccc4ccc1c2c43. The number of hydrogen-bond donors (Lipinski definition) is 0. The monoisotopic (exact) mass is 372 g/mol. The zero-order valence-corrected chi connectivity index (χ0v) is 15.7. The lowest BCUT2D eigenvalue weighted by molar-refractivity contribution is 0.0215. The summed E-state index contributed by atoms with van der Waals surface area (Å²) in [6.07, 6.45) is 5.68. The molecule has 0 unspecified atom stereocenters. The quantitative estimate of drug-likeness (QED) is 0.209. The van der Waals surface area contributed by atoms with Crippen LogP contribution in [0.15, 0.2) is 48.5 Å². The second-order valence-electron chi connectivity index (χ2n) is 6.53. The Morgan fingerprint density at radius 1 is 0.857 bits per heavy atom. The van der Waals surface area contributed by atoms with Crippen LogP contribution in [0.25, 0.3) is 32.3 Å². The molecule has 0 aliphatic rings. The standard InChI is InChI=1S/C24H20O4/c1-3-16-4-5-17-7-10-20-21(24(25)28-15-14-27-13-12-26-2)11-8-18-6-9-19(16)22(17)23(18)20/h1,4-11H,12-15H2,2H3. The van der Waals surface area contributed by atoms with Gasteiger partial charge in [-0.1, -0.05) is 42.3 Å². The van der Waals surface area contributed by atoms with E-state index in [1.165, 1.54) is 0 Å². The Morgan fingerprint density at radius 2 is 1.50 bits per heavy atom. The Hall–Kier alpha value is -3.13. The predicted molar refractivity (Wildman–Crippen MR) is 111 cm³/mol. The molecule has 0 N–H and O–H groups in total. The summed E-state index contributed by atoms with van der Waals surface area (Å²) in [5.41, 5.74) is 1.40. The molecule has 4 heteroatoms. The Kier molecular flexibility index (Phi) is 5.12. The van der Waals surface area contributed by atoms with Gasteiger partial charge >= 0.3 is 5.97 Å². The summed E-state index contributed by atoms with van der Waals surface area (Å²) in [7, 11) is 1.61. The van der Waals surface area contributed by atoms with Gasteiger partial charge in [0.1, 0.15) is 6.61 Å². The van der Waals surface area contributed by atoms with Gasteiger partial charge in [0.15, 0.2) is 0 Å². The van der Waals surface area contributed by atoms with Gasteiger partial charge in [-0.3, -0.25) is 0 Å². The Bertz CT molecular complexity index is 1190. The highest BCUT2D eigenvalue weighted by atomic mass is 16.6. The molecule has 4 nitrogen and oxygen atoms in total. The molecule has 0 radical (unpaired) electrons. The third kappa shape index (κ3) is 3.16. The van der Waals surface area contributed by atoms with Crippen LogP contribution in [0.2, 0.25) is 0 Å². The summed E-state index contributed by atoms with van der Waals surface area (Å²) in [4.78, 5) is 12.7. The molecule has 0 fully saturated rings. The first-order chi connectivity index (χ1) is 13.7. The van der Waals surface area contributed by atoms with Gasteiger partial charge in [0.05, 0.1) is 25.4 Å². The topological polar surface area (TPSA) is 44.8 Å². The van der Waals surface area contributed by atoms with Crippen molar-refractivity contribution in [3.05, 3.63) is 59.7 Å². The van der Waals surface area contributed by atoms with Crippen molar-refractivity contribution < 1.29 is 19.0 Å². The van der Waals surface area contributed by atoms with Gasteiger partial charge in [-0.25, -0.2) is 4.79 Å². The van der Waals surface area contributed by atoms with Gasteiger partial charge in [-0.2, -0.15) is 0 Å². The molecule has 4 aromatic carbocycles. The van der Waals surface area contributed by atoms with E-state index in [1.54, 1.807) is 7.11 Å². The molecule has 0 saturated heterocycles. The van der Waals surface area contributed by atoms with Crippen molar-refractivity contribution in [3.8, 4) is 12.3 Å². The van der Waals surface area contributed by atoms with Crippen LogP contribution in [0.3, 0.4) is 0 Å². The Balaban J connectivity index is 1.71. The molecule has 28 heavy (non-hydrogen) atoms. The minimum Gasteiger partial charge on any atom is -0.460 e. The van der Waals surface area contributed by atoms with Crippen LogP contribution in [0.5, 0.6) is 0 Å². The molecule has 0 bridgehead atoms. The Labute approximate surface area is 163 Å². The Morgan fingerprint density at radius 3 is 2.25 bits per heavy atom. The minimum atomic E-state index is -0.356. The number of methoxy groups -OCH3 is 1. The maximum Gasteiger partial charge on any atom is 0.338 e. The average molecular weight is 372 g/mol. The number of carbonyl (C=O) groups is 1. The number of hydrogen-bond acceptors (Lipinski definition) is 4. The van der Waals surface area contributed by atoms with Crippen molar-refractivity contribution in [3.63, 3.8) is 0 Å². The number of carbonyl (C=O) groups excluding carboxylic acids is 1. The maximum atomic E-state index is 12.7. The van der Waals surface area contributed by atoms with Crippen molar-refractivity contribution in [1.82, 2.24) is 0 Å². The summed E-state index contributed by atoms with van der Waals surface area (Å²) in [5.74, 6) is 2.40. The van der Waals surface area contributed by atoms with E-state index in [-0.39, 0.29) is 12.6 Å². The number of benzene rings is 4. The molecule has 0 aliphatic heterocycles. The molecular weight excluding hydrogens is 352 g/mol. The summed E-state index contributed by atoms with van der Waals surface area (Å²) in [5, 5.41) is 6.19. The number of ether oxygens (including phenoxy) is 3. The van der Waals surface area contributed by atoms with E-state index in [2.05, 4.69) is 12.0 Å². The van der Waals surface area contributed by atoms with Crippen molar-refractivity contribution in [1.29, 1.82) is 0 Å². The first kappa shape index (κ1) is 18.2. The van der Waals surface area contributed by atoms with E-state index in [4.69, 9.17) is 20.6 Å². The predicted octanol–water partition coefficient (Wildman–Crippen LogP) is 4.39. The second kappa shape index (κ2) is 7.85. The average Bonchev–Trinajstić information content (AvgIpc) is 2.74. The van der Waals surface area contributed by atoms with Crippen LogP contribution in [-0.4, -0.2) is 39.5 Å². The molecular formula is C24H20O4. The van der Waals surface area contributed by atoms with Gasteiger partial charge in [-0.05, 0) is 44.5 Å². The van der Waals surface area contributed by atoms with Gasteiger partial charge in [0.25, 0.3) is 0 Å². The van der Waals surface area contributed by atoms with E-state index in [9.17, 15) is 4.79 Å². The molecule has 0 amide bonds. The zero-order valence-electron chi connectivity index (χ0n) is 15.7. The van der Waals surface area contributed by atoms with Gasteiger partial charge in [-0.15, -0.1) is 6.42 Å². The molecule has 0 aliphatic carbocycles. The van der Waals surface area contributed by atoms with E-state index in [0.717, 1.165) is 37.9 Å². The molecule has 4 rings (SSSR count). The van der Waals surface area contributed by atoms with Crippen LogP contribution in [0.1, 0.15) is 15.9 Å². The number of esters is 1. The third-order valence-electron chi connectivity index (χ3n) is 4.93. The molecule has 4 aromatic rings. The van der Waals surface area contributed by atoms with E-state index in [0.29, 0.717) is 25.4 Å². The molecule has 0 saturated carbocycles. The molecule has 0 atom stereocenters. The van der Waals surface area contributed by atoms with Gasteiger partial charge < -0.3 is 14.2 Å². The summed E-state index contributed by atoms with van der Waals surface area (Å²) in [6, 6.07) is 15.9. The van der Waals surface area contributed by atoms with Gasteiger partial charge in [0.2, 0.25) is 0 Å². The lowest BCUT2D eigenvalue weighted by Crippen LogP contribution is -2.13. The second-order valence-corrected chi connectivity index (χ2v) is 6.53. The van der Waals surface area contributed by atoms with E-state index in [1.807, 2.05) is 42.5 Å². The van der Waals surface area contributed by atoms with Crippen LogP contribution in [-0.2, 0) is 14.2 Å². The first-order valence-electron chi connectivity index (χ1n) is 9.15. The molecule has 0 spiro atoms. The van der Waals surface area contributed by atoms with Crippen molar-refractivity contribution in [2.45, 2.75) is 0 Å². The number of terminal acetylenes is 1. The normalized spacial score (nSPS) is 11.3. The van der Waals surface area contributed by atoms with E-state index >= 15 is 0 Å². The summed E-state index contributed by atoms with van der Waals surface area (Å²) >= 11 is 0. The van der Waals surface area contributed by atoms with E-state index < -0.39 is 0 Å². The van der Waals surface area contributed by atoms with Crippen LogP contribution in [0, 0.1) is 12.3 Å². The first-order valence-corrected chi connectivity index (χ1v) is 9.15. The smallest absolute Gasteiger partial charge is 0.338 e. The fourth-order valence-corrected chi connectivity index (χ4v) is 3.62. The fourth-order valence-electron chi connectivity index (χ4n) is 3.62. The number of rotatable bonds is 7. The highest BCUT2D eigenvalue weighted by molar-refractivity contribution is 6.26. The molecule has 140 valence electrons. The largest absolute Gasteiger partial charge is 0.460 e. The zero-order chi connectivity index (χ0) is 19.5. The minimum absolute atomic E-state index is 0.200. The molecule has 0 heterocycles. The highest BCUT2D eigenvalue weighted by Gasteiger charge is 2.16. The van der Waals surface area contributed by atoms with Gasteiger partial charge in [0, 0.05) is 12.7 Å². The van der Waals surface area contributed by atoms with Crippen molar-refractivity contribution >= 4 is 38.3 Å². The van der Waals surface area contributed by atoms with Crippen molar-refractivity contribution in [2.75, 3.05) is 33.5 Å². The fraction of sp³-hybridized carbons (Fsp3) is 0.208. The summed E-state index contributed by atoms with van der Waals surface area (Å²) < 4.78 is 15.7. The van der Waals surface area contributed by atoms with Crippen molar-refractivity contribution in [2.24, 2.45) is 0 Å². The van der Waals surface area contributed by atoms with Crippen LogP contribution in [0.4, 0.5) is 0 Å². The molecule has 0 aromatic heterocycles. The van der Waals surface area contributed by atoms with Crippen LogP contribution >= 0.6 is 0 Å². The highest BCUT2D eigenvalue weighted by Crippen LogP contribution is 2.37.